The van der Waals surface area contributed by atoms with Crippen LogP contribution in [0.25, 0.3) is 33.2 Å². The summed E-state index contributed by atoms with van der Waals surface area (Å²) in [5.74, 6) is 0.336. The van der Waals surface area contributed by atoms with Gasteiger partial charge in [-0.3, -0.25) is 9.58 Å². The van der Waals surface area contributed by atoms with E-state index in [0.29, 0.717) is 47.7 Å². The van der Waals surface area contributed by atoms with Crippen molar-refractivity contribution in [3.63, 3.8) is 0 Å². The Balaban J connectivity index is 1.40. The average molecular weight is 617 g/mol. The van der Waals surface area contributed by atoms with Gasteiger partial charge >= 0.3 is 12.1 Å². The molecule has 238 valence electrons. The molecule has 45 heavy (non-hydrogen) atoms. The largest absolute Gasteiger partial charge is 0.466 e. The zero-order valence-electron chi connectivity index (χ0n) is 27.0. The molecule has 1 spiro atoms. The van der Waals surface area contributed by atoms with E-state index in [1.54, 1.807) is 18.7 Å². The van der Waals surface area contributed by atoms with E-state index in [2.05, 4.69) is 10.00 Å². The third kappa shape index (κ3) is 5.86. The third-order valence-electron chi connectivity index (χ3n) is 8.26. The van der Waals surface area contributed by atoms with Crippen LogP contribution in [-0.4, -0.2) is 88.0 Å². The molecule has 6 rings (SSSR count). The van der Waals surface area contributed by atoms with Crippen LogP contribution in [0, 0.1) is 6.92 Å². The molecule has 2 aliphatic rings. The van der Waals surface area contributed by atoms with Crippen LogP contribution in [0.1, 0.15) is 56.6 Å². The molecule has 1 aliphatic carbocycles. The number of aryl methyl sites for hydroxylation is 2. The summed E-state index contributed by atoms with van der Waals surface area (Å²) >= 11 is 0. The monoisotopic (exact) mass is 616 g/mol. The molecule has 2 fully saturated rings. The first-order valence-corrected chi connectivity index (χ1v) is 15.3. The van der Waals surface area contributed by atoms with Gasteiger partial charge in [0.2, 0.25) is 0 Å². The molecule has 0 bridgehead atoms. The topological polar surface area (TPSA) is 121 Å². The summed E-state index contributed by atoms with van der Waals surface area (Å²) in [4.78, 5) is 40.2. The quantitative estimate of drug-likeness (QED) is 0.201. The standard InChI is InChI=1S/C33H40N6O6/c1-8-43-30(40)27-23-16-22(38-13-14-39(33(18-38)11-12-33)31(41)45-32(3,4)5)9-10-25(23)34-29(35-27)24-15-21-17-37(6)36-26(21)20(2)28(24)44-19-42-7/h9-10,15-17H,8,11-14,18-19H2,1-7H3. The fourth-order valence-electron chi connectivity index (χ4n) is 6.07. The van der Waals surface area contributed by atoms with Crippen molar-refractivity contribution in [2.75, 3.05) is 45.0 Å². The SMILES string of the molecule is CCOC(=O)c1nc(-c2cc3cn(C)nc3c(C)c2OCOC)nc2ccc(N3CCN(C(=O)OC(C)(C)C)C4(CC4)C3)cc12. The highest BCUT2D eigenvalue weighted by molar-refractivity contribution is 6.03. The molecule has 1 saturated carbocycles. The highest BCUT2D eigenvalue weighted by atomic mass is 16.7. The Hall–Kier alpha value is -4.45. The van der Waals surface area contributed by atoms with Gasteiger partial charge in [0.15, 0.2) is 18.3 Å². The minimum atomic E-state index is -0.551. The van der Waals surface area contributed by atoms with Crippen LogP contribution in [0.15, 0.2) is 30.5 Å². The minimum Gasteiger partial charge on any atom is -0.466 e. The molecule has 2 aromatic heterocycles. The molecular formula is C33H40N6O6. The molecule has 12 heteroatoms. The normalized spacial score (nSPS) is 16.0. The zero-order valence-corrected chi connectivity index (χ0v) is 27.0. The molecule has 1 saturated heterocycles. The average Bonchev–Trinajstić information content (AvgIpc) is 3.63. The van der Waals surface area contributed by atoms with E-state index in [0.717, 1.165) is 35.0 Å². The lowest BCUT2D eigenvalue weighted by atomic mass is 10.0. The minimum absolute atomic E-state index is 0.0243. The number of carbonyl (C=O) groups is 2. The van der Waals surface area contributed by atoms with Gasteiger partial charge in [0.05, 0.1) is 28.7 Å². The van der Waals surface area contributed by atoms with Gasteiger partial charge in [-0.25, -0.2) is 19.6 Å². The first-order valence-electron chi connectivity index (χ1n) is 15.3. The Labute approximate surface area is 262 Å². The zero-order chi connectivity index (χ0) is 32.1. The molecular weight excluding hydrogens is 576 g/mol. The molecule has 1 amide bonds. The van der Waals surface area contributed by atoms with E-state index >= 15 is 0 Å². The van der Waals surface area contributed by atoms with Gasteiger partial charge < -0.3 is 23.8 Å². The van der Waals surface area contributed by atoms with Gasteiger partial charge in [-0.05, 0) is 71.7 Å². The first-order chi connectivity index (χ1) is 21.4. The highest BCUT2D eigenvalue weighted by Crippen LogP contribution is 2.46. The van der Waals surface area contributed by atoms with Crippen molar-refractivity contribution in [1.82, 2.24) is 24.6 Å². The van der Waals surface area contributed by atoms with Crippen LogP contribution in [0.3, 0.4) is 0 Å². The number of ether oxygens (including phenoxy) is 4. The molecule has 0 N–H and O–H groups in total. The van der Waals surface area contributed by atoms with Crippen molar-refractivity contribution >= 4 is 39.6 Å². The number of benzene rings is 2. The van der Waals surface area contributed by atoms with E-state index in [9.17, 15) is 9.59 Å². The number of carbonyl (C=O) groups excluding carboxylic acids is 2. The van der Waals surface area contributed by atoms with Crippen LogP contribution in [-0.2, 0) is 21.3 Å². The fourth-order valence-corrected chi connectivity index (χ4v) is 6.07. The van der Waals surface area contributed by atoms with Crippen molar-refractivity contribution in [3.05, 3.63) is 41.7 Å². The molecule has 0 unspecified atom stereocenters. The van der Waals surface area contributed by atoms with Crippen molar-refractivity contribution in [2.24, 2.45) is 7.05 Å². The van der Waals surface area contributed by atoms with Crippen LogP contribution in [0.5, 0.6) is 5.75 Å². The summed E-state index contributed by atoms with van der Waals surface area (Å²) in [6.45, 7) is 11.4. The van der Waals surface area contributed by atoms with E-state index in [1.165, 1.54) is 0 Å². The number of aromatic nitrogens is 4. The van der Waals surface area contributed by atoms with Gasteiger partial charge in [0.25, 0.3) is 0 Å². The number of piperazine rings is 1. The number of nitrogens with zero attached hydrogens (tertiary/aromatic N) is 6. The molecule has 1 aliphatic heterocycles. The Morgan fingerprint density at radius 3 is 2.56 bits per heavy atom. The second kappa shape index (κ2) is 11.5. The summed E-state index contributed by atoms with van der Waals surface area (Å²) in [6.07, 6.45) is 3.49. The lowest BCUT2D eigenvalue weighted by Gasteiger charge is -2.43. The van der Waals surface area contributed by atoms with Crippen molar-refractivity contribution in [1.29, 1.82) is 0 Å². The van der Waals surface area contributed by atoms with Gasteiger partial charge in [0.1, 0.15) is 11.4 Å². The van der Waals surface area contributed by atoms with Gasteiger partial charge in [-0.15, -0.1) is 0 Å². The van der Waals surface area contributed by atoms with E-state index < -0.39 is 11.6 Å². The van der Waals surface area contributed by atoms with E-state index in [4.69, 9.17) is 28.9 Å². The van der Waals surface area contributed by atoms with Crippen LogP contribution in [0.4, 0.5) is 10.5 Å². The summed E-state index contributed by atoms with van der Waals surface area (Å²) < 4.78 is 24.1. The lowest BCUT2D eigenvalue weighted by Crippen LogP contribution is -2.58. The first kappa shape index (κ1) is 30.6. The number of rotatable bonds is 7. The van der Waals surface area contributed by atoms with Crippen molar-refractivity contribution in [2.45, 2.75) is 58.6 Å². The lowest BCUT2D eigenvalue weighted by molar-refractivity contribution is 0.0106. The molecule has 0 radical (unpaired) electrons. The maximum absolute atomic E-state index is 13.4. The molecule has 12 nitrogen and oxygen atoms in total. The van der Waals surface area contributed by atoms with Crippen LogP contribution < -0.4 is 9.64 Å². The molecule has 2 aromatic carbocycles. The second-order valence-electron chi connectivity index (χ2n) is 12.8. The second-order valence-corrected chi connectivity index (χ2v) is 12.8. The number of esters is 1. The maximum Gasteiger partial charge on any atom is 0.410 e. The molecule has 0 atom stereocenters. The number of methoxy groups -OCH3 is 1. The predicted molar refractivity (Wildman–Crippen MR) is 170 cm³/mol. The number of amides is 1. The number of hydrogen-bond acceptors (Lipinski definition) is 10. The summed E-state index contributed by atoms with van der Waals surface area (Å²) in [7, 11) is 3.42. The Morgan fingerprint density at radius 2 is 1.87 bits per heavy atom. The van der Waals surface area contributed by atoms with Gasteiger partial charge in [0, 0.05) is 62.0 Å². The van der Waals surface area contributed by atoms with Crippen molar-refractivity contribution in [3.8, 4) is 17.1 Å². The van der Waals surface area contributed by atoms with Gasteiger partial charge in [-0.1, -0.05) is 0 Å². The van der Waals surface area contributed by atoms with Crippen LogP contribution in [0.2, 0.25) is 0 Å². The molecule has 3 heterocycles. The maximum atomic E-state index is 13.4. The number of anilines is 1. The van der Waals surface area contributed by atoms with Crippen molar-refractivity contribution < 1.29 is 28.5 Å². The van der Waals surface area contributed by atoms with Gasteiger partial charge in [-0.2, -0.15) is 5.10 Å². The fraction of sp³-hybridized carbons (Fsp3) is 0.485. The number of hydrogen-bond donors (Lipinski definition) is 0. The number of fused-ring (bicyclic) bond motifs is 2. The Kier molecular flexibility index (Phi) is 7.80. The molecule has 4 aromatic rings. The Morgan fingerprint density at radius 1 is 1.09 bits per heavy atom. The summed E-state index contributed by atoms with van der Waals surface area (Å²) in [6, 6.07) is 7.78. The third-order valence-corrected chi connectivity index (χ3v) is 8.26. The van der Waals surface area contributed by atoms with Crippen LogP contribution >= 0.6 is 0 Å². The smallest absolute Gasteiger partial charge is 0.410 e. The highest BCUT2D eigenvalue weighted by Gasteiger charge is 2.54. The van der Waals surface area contributed by atoms with E-state index in [1.807, 2.05) is 70.1 Å². The summed E-state index contributed by atoms with van der Waals surface area (Å²) in [5, 5.41) is 6.07. The van der Waals surface area contributed by atoms with E-state index in [-0.39, 0.29) is 30.7 Å². The predicted octanol–water partition coefficient (Wildman–Crippen LogP) is 5.24. The summed E-state index contributed by atoms with van der Waals surface area (Å²) in [5.41, 5.74) is 3.13. The Bertz CT molecular complexity index is 1790.